The van der Waals surface area contributed by atoms with E-state index >= 15 is 0 Å². The van der Waals surface area contributed by atoms with Crippen LogP contribution in [0.25, 0.3) is 5.70 Å². The minimum absolute atomic E-state index is 0.332. The van der Waals surface area contributed by atoms with E-state index in [0.717, 1.165) is 24.0 Å². The summed E-state index contributed by atoms with van der Waals surface area (Å²) in [6, 6.07) is 12.1. The predicted molar refractivity (Wildman–Crippen MR) is 112 cm³/mol. The van der Waals surface area contributed by atoms with Crippen molar-refractivity contribution in [3.63, 3.8) is 0 Å². The van der Waals surface area contributed by atoms with Crippen LogP contribution in [-0.4, -0.2) is 24.8 Å². The van der Waals surface area contributed by atoms with Crippen LogP contribution in [0, 0.1) is 11.2 Å². The smallest absolute Gasteiger partial charge is 0.150 e. The molecule has 0 saturated heterocycles. The molecule has 28 heavy (non-hydrogen) atoms. The number of nitrogens with two attached hydrogens (primary N) is 1. The summed E-state index contributed by atoms with van der Waals surface area (Å²) in [6.07, 6.45) is 3.40. The molecule has 1 saturated carbocycles. The van der Waals surface area contributed by atoms with Crippen molar-refractivity contribution < 1.29 is 9.18 Å². The Morgan fingerprint density at radius 2 is 2.00 bits per heavy atom. The molecular formula is C23H28FN3O. The molecule has 0 spiro atoms. The first-order valence-corrected chi connectivity index (χ1v) is 9.56. The van der Waals surface area contributed by atoms with Gasteiger partial charge in [-0.25, -0.2) is 4.39 Å². The Labute approximate surface area is 166 Å². The van der Waals surface area contributed by atoms with Gasteiger partial charge in [0.2, 0.25) is 0 Å². The van der Waals surface area contributed by atoms with Crippen LogP contribution in [-0.2, 0) is 6.54 Å². The van der Waals surface area contributed by atoms with E-state index in [-0.39, 0.29) is 5.82 Å². The summed E-state index contributed by atoms with van der Waals surface area (Å²) < 4.78 is 13.9. The Hall–Kier alpha value is -2.66. The van der Waals surface area contributed by atoms with Gasteiger partial charge in [-0.3, -0.25) is 4.79 Å². The molecule has 0 bridgehead atoms. The maximum Gasteiger partial charge on any atom is 0.150 e. The van der Waals surface area contributed by atoms with E-state index < -0.39 is 0 Å². The molecule has 3 rings (SSSR count). The van der Waals surface area contributed by atoms with Crippen molar-refractivity contribution in [1.29, 1.82) is 0 Å². The summed E-state index contributed by atoms with van der Waals surface area (Å²) >= 11 is 0. The van der Waals surface area contributed by atoms with Gasteiger partial charge in [0.05, 0.1) is 11.4 Å². The topological polar surface area (TPSA) is 58.4 Å². The SMILES string of the molecule is C/C(Nc1ccccc1F)=C(/N)c1ccc(C=O)c(CN(C)CC2(C)CC2)c1. The third kappa shape index (κ3) is 4.78. The van der Waals surface area contributed by atoms with E-state index in [2.05, 4.69) is 24.2 Å². The molecule has 148 valence electrons. The minimum atomic E-state index is -0.332. The third-order valence-corrected chi connectivity index (χ3v) is 5.38. The first-order chi connectivity index (χ1) is 13.3. The lowest BCUT2D eigenvalue weighted by molar-refractivity contribution is 0.112. The molecule has 0 radical (unpaired) electrons. The van der Waals surface area contributed by atoms with Crippen LogP contribution in [0.4, 0.5) is 10.1 Å². The predicted octanol–water partition coefficient (Wildman–Crippen LogP) is 4.63. The number of rotatable bonds is 8. The monoisotopic (exact) mass is 381 g/mol. The summed E-state index contributed by atoms with van der Waals surface area (Å²) in [5.74, 6) is -0.332. The summed E-state index contributed by atoms with van der Waals surface area (Å²) in [6.45, 7) is 5.80. The molecule has 1 fully saturated rings. The maximum absolute atomic E-state index is 13.9. The second-order valence-corrected chi connectivity index (χ2v) is 8.16. The van der Waals surface area contributed by atoms with Gasteiger partial charge in [-0.2, -0.15) is 0 Å². The molecule has 0 aliphatic heterocycles. The molecule has 0 heterocycles. The zero-order valence-corrected chi connectivity index (χ0v) is 16.8. The highest BCUT2D eigenvalue weighted by atomic mass is 19.1. The van der Waals surface area contributed by atoms with E-state index in [1.165, 1.54) is 18.9 Å². The zero-order chi connectivity index (χ0) is 20.3. The van der Waals surface area contributed by atoms with Crippen LogP contribution in [0.3, 0.4) is 0 Å². The van der Waals surface area contributed by atoms with Gasteiger partial charge in [-0.05, 0) is 61.6 Å². The van der Waals surface area contributed by atoms with E-state index in [9.17, 15) is 9.18 Å². The number of halogens is 1. The van der Waals surface area contributed by atoms with Gasteiger partial charge < -0.3 is 16.0 Å². The molecule has 0 atom stereocenters. The summed E-state index contributed by atoms with van der Waals surface area (Å²) in [5.41, 5.74) is 10.7. The molecular weight excluding hydrogens is 353 g/mol. The fourth-order valence-electron chi connectivity index (χ4n) is 3.44. The Morgan fingerprint density at radius 3 is 2.64 bits per heavy atom. The van der Waals surface area contributed by atoms with Gasteiger partial charge in [-0.1, -0.05) is 31.2 Å². The number of hydrogen-bond acceptors (Lipinski definition) is 4. The highest BCUT2D eigenvalue weighted by molar-refractivity contribution is 5.79. The number of para-hydroxylation sites is 1. The lowest BCUT2D eigenvalue weighted by Crippen LogP contribution is -2.25. The van der Waals surface area contributed by atoms with Gasteiger partial charge in [0, 0.05) is 24.4 Å². The second kappa shape index (κ2) is 8.15. The van der Waals surface area contributed by atoms with Crippen LogP contribution in [0.2, 0.25) is 0 Å². The van der Waals surface area contributed by atoms with Crippen LogP contribution >= 0.6 is 0 Å². The maximum atomic E-state index is 13.9. The average Bonchev–Trinajstić information content (AvgIpc) is 3.39. The van der Waals surface area contributed by atoms with Crippen molar-refractivity contribution in [2.24, 2.45) is 11.1 Å². The Balaban J connectivity index is 1.82. The molecule has 1 aliphatic rings. The second-order valence-electron chi connectivity index (χ2n) is 8.16. The quantitative estimate of drug-likeness (QED) is 0.655. The number of benzene rings is 2. The molecule has 0 unspecified atom stereocenters. The number of aldehydes is 1. The normalized spacial score (nSPS) is 15.9. The number of carbonyl (C=O) groups is 1. The fraction of sp³-hybridized carbons (Fsp3) is 0.348. The standard InChI is InChI=1S/C23H28FN3O/c1-16(26-21-7-5-4-6-20(21)24)22(25)17-8-9-18(14-28)19(12-17)13-27(3)15-23(2)10-11-23/h4-9,12,14,26H,10-11,13,15,25H2,1-3H3/b22-16-. The Kier molecular flexibility index (Phi) is 5.84. The van der Waals surface area contributed by atoms with Gasteiger partial charge in [-0.15, -0.1) is 0 Å². The van der Waals surface area contributed by atoms with Gasteiger partial charge in [0.25, 0.3) is 0 Å². The van der Waals surface area contributed by atoms with Crippen molar-refractivity contribution in [3.05, 3.63) is 70.7 Å². The lowest BCUT2D eigenvalue weighted by atomic mass is 10.0. The number of allylic oxidation sites excluding steroid dienone is 1. The van der Waals surface area contributed by atoms with Gasteiger partial charge >= 0.3 is 0 Å². The lowest BCUT2D eigenvalue weighted by Gasteiger charge is -2.22. The van der Waals surface area contributed by atoms with Crippen molar-refractivity contribution in [2.75, 3.05) is 18.9 Å². The largest absolute Gasteiger partial charge is 0.397 e. The highest BCUT2D eigenvalue weighted by Crippen LogP contribution is 2.45. The third-order valence-electron chi connectivity index (χ3n) is 5.38. The average molecular weight is 381 g/mol. The van der Waals surface area contributed by atoms with Crippen LogP contribution in [0.15, 0.2) is 48.2 Å². The van der Waals surface area contributed by atoms with Gasteiger partial charge in [0.1, 0.15) is 12.1 Å². The number of nitrogens with one attached hydrogen (secondary N) is 1. The van der Waals surface area contributed by atoms with Crippen molar-refractivity contribution in [1.82, 2.24) is 4.90 Å². The van der Waals surface area contributed by atoms with E-state index in [4.69, 9.17) is 5.73 Å². The summed E-state index contributed by atoms with van der Waals surface area (Å²) in [5, 5.41) is 3.04. The summed E-state index contributed by atoms with van der Waals surface area (Å²) in [4.78, 5) is 13.7. The first-order valence-electron chi connectivity index (χ1n) is 9.56. The number of anilines is 1. The van der Waals surface area contributed by atoms with Crippen LogP contribution < -0.4 is 11.1 Å². The van der Waals surface area contributed by atoms with E-state index in [1.807, 2.05) is 19.1 Å². The van der Waals surface area contributed by atoms with Crippen molar-refractivity contribution in [2.45, 2.75) is 33.2 Å². The molecule has 4 nitrogen and oxygen atoms in total. The molecule has 0 amide bonds. The summed E-state index contributed by atoms with van der Waals surface area (Å²) in [7, 11) is 2.08. The van der Waals surface area contributed by atoms with Gasteiger partial charge in [0.15, 0.2) is 0 Å². The molecule has 2 aromatic carbocycles. The number of carbonyl (C=O) groups excluding carboxylic acids is 1. The Bertz CT molecular complexity index is 902. The Morgan fingerprint density at radius 1 is 1.29 bits per heavy atom. The molecule has 0 aromatic heterocycles. The molecule has 5 heteroatoms. The zero-order valence-electron chi connectivity index (χ0n) is 16.8. The molecule has 2 aromatic rings. The molecule has 1 aliphatic carbocycles. The highest BCUT2D eigenvalue weighted by Gasteiger charge is 2.37. The number of nitrogens with zero attached hydrogens (tertiary/aromatic N) is 1. The van der Waals surface area contributed by atoms with E-state index in [0.29, 0.717) is 34.6 Å². The molecule has 3 N–H and O–H groups in total. The van der Waals surface area contributed by atoms with Crippen molar-refractivity contribution in [3.8, 4) is 0 Å². The van der Waals surface area contributed by atoms with Crippen LogP contribution in [0.1, 0.15) is 48.2 Å². The minimum Gasteiger partial charge on any atom is -0.397 e. The fourth-order valence-corrected chi connectivity index (χ4v) is 3.44. The first kappa shape index (κ1) is 20.1. The van der Waals surface area contributed by atoms with E-state index in [1.54, 1.807) is 24.3 Å². The number of hydrogen-bond donors (Lipinski definition) is 2. The van der Waals surface area contributed by atoms with Crippen LogP contribution in [0.5, 0.6) is 0 Å². The van der Waals surface area contributed by atoms with Crippen molar-refractivity contribution >= 4 is 17.7 Å².